The van der Waals surface area contributed by atoms with Crippen molar-refractivity contribution in [3.8, 4) is 0 Å². The van der Waals surface area contributed by atoms with Gasteiger partial charge in [-0.3, -0.25) is 0 Å². The molecular weight excluding hydrogens is 214 g/mol. The molecule has 3 heteroatoms. The molecule has 1 amide bonds. The van der Waals surface area contributed by atoms with E-state index in [-0.39, 0.29) is 18.2 Å². The third kappa shape index (κ3) is 1.79. The van der Waals surface area contributed by atoms with Gasteiger partial charge in [0.1, 0.15) is 6.10 Å². The van der Waals surface area contributed by atoms with Crippen molar-refractivity contribution in [3.05, 3.63) is 35.9 Å². The summed E-state index contributed by atoms with van der Waals surface area (Å²) in [6.07, 6.45) is 1.92. The van der Waals surface area contributed by atoms with Crippen LogP contribution in [-0.2, 0) is 4.74 Å². The molecule has 2 fully saturated rings. The SMILES string of the molecule is C[C@H]1CCN2C(=O)OC(c3ccccc3)[C@@H]2C1. The highest BCUT2D eigenvalue weighted by atomic mass is 16.6. The molecule has 1 aromatic carbocycles. The maximum absolute atomic E-state index is 11.8. The second-order valence-electron chi connectivity index (χ2n) is 5.11. The minimum absolute atomic E-state index is 0.0774. The zero-order valence-corrected chi connectivity index (χ0v) is 10.0. The second kappa shape index (κ2) is 4.06. The monoisotopic (exact) mass is 231 g/mol. The van der Waals surface area contributed by atoms with E-state index in [1.165, 1.54) is 0 Å². The van der Waals surface area contributed by atoms with E-state index in [9.17, 15) is 4.79 Å². The summed E-state index contributed by atoms with van der Waals surface area (Å²) in [7, 11) is 0. The van der Waals surface area contributed by atoms with Gasteiger partial charge in [-0.2, -0.15) is 0 Å². The maximum Gasteiger partial charge on any atom is 0.410 e. The van der Waals surface area contributed by atoms with Gasteiger partial charge in [-0.25, -0.2) is 4.79 Å². The number of nitrogens with zero attached hydrogens (tertiary/aromatic N) is 1. The summed E-state index contributed by atoms with van der Waals surface area (Å²) in [5.41, 5.74) is 1.11. The number of benzene rings is 1. The van der Waals surface area contributed by atoms with Gasteiger partial charge >= 0.3 is 6.09 Å². The van der Waals surface area contributed by atoms with Crippen molar-refractivity contribution in [2.45, 2.75) is 31.9 Å². The summed E-state index contributed by atoms with van der Waals surface area (Å²) < 4.78 is 5.53. The van der Waals surface area contributed by atoms with Crippen molar-refractivity contribution in [1.82, 2.24) is 4.90 Å². The summed E-state index contributed by atoms with van der Waals surface area (Å²) in [5, 5.41) is 0. The van der Waals surface area contributed by atoms with Crippen LogP contribution in [0.2, 0.25) is 0 Å². The molecule has 90 valence electrons. The molecule has 2 aliphatic rings. The lowest BCUT2D eigenvalue weighted by molar-refractivity contribution is 0.129. The zero-order valence-electron chi connectivity index (χ0n) is 10.0. The van der Waals surface area contributed by atoms with Crippen molar-refractivity contribution in [3.63, 3.8) is 0 Å². The highest BCUT2D eigenvalue weighted by Crippen LogP contribution is 2.39. The average molecular weight is 231 g/mol. The van der Waals surface area contributed by atoms with Gasteiger partial charge < -0.3 is 9.64 Å². The molecule has 0 saturated carbocycles. The molecule has 0 bridgehead atoms. The van der Waals surface area contributed by atoms with E-state index in [1.807, 2.05) is 35.2 Å². The fourth-order valence-electron chi connectivity index (χ4n) is 2.88. The van der Waals surface area contributed by atoms with Gasteiger partial charge in [0.15, 0.2) is 0 Å². The Kier molecular flexibility index (Phi) is 2.54. The van der Waals surface area contributed by atoms with Crippen molar-refractivity contribution in [1.29, 1.82) is 0 Å². The third-order valence-corrected chi connectivity index (χ3v) is 3.85. The smallest absolute Gasteiger partial charge is 0.410 e. The Bertz CT molecular complexity index is 417. The van der Waals surface area contributed by atoms with Gasteiger partial charge in [0.05, 0.1) is 6.04 Å². The summed E-state index contributed by atoms with van der Waals surface area (Å²) in [5.74, 6) is 0.678. The van der Waals surface area contributed by atoms with Crippen LogP contribution >= 0.6 is 0 Å². The molecule has 2 aliphatic heterocycles. The number of rotatable bonds is 1. The Morgan fingerprint density at radius 1 is 1.29 bits per heavy atom. The Morgan fingerprint density at radius 2 is 2.06 bits per heavy atom. The lowest BCUT2D eigenvalue weighted by Gasteiger charge is -2.32. The zero-order chi connectivity index (χ0) is 11.8. The predicted octanol–water partition coefficient (Wildman–Crippen LogP) is 2.98. The normalized spacial score (nSPS) is 32.2. The molecule has 1 aromatic rings. The first-order valence-electron chi connectivity index (χ1n) is 6.28. The molecule has 3 atom stereocenters. The van der Waals surface area contributed by atoms with E-state index in [1.54, 1.807) is 0 Å². The topological polar surface area (TPSA) is 29.5 Å². The van der Waals surface area contributed by atoms with Crippen LogP contribution in [0.5, 0.6) is 0 Å². The van der Waals surface area contributed by atoms with Gasteiger partial charge in [-0.1, -0.05) is 37.3 Å². The Morgan fingerprint density at radius 3 is 2.82 bits per heavy atom. The molecule has 17 heavy (non-hydrogen) atoms. The molecule has 2 heterocycles. The number of fused-ring (bicyclic) bond motifs is 1. The van der Waals surface area contributed by atoms with Crippen LogP contribution in [0.3, 0.4) is 0 Å². The largest absolute Gasteiger partial charge is 0.439 e. The minimum Gasteiger partial charge on any atom is -0.439 e. The van der Waals surface area contributed by atoms with E-state index in [2.05, 4.69) is 6.92 Å². The van der Waals surface area contributed by atoms with Crippen LogP contribution in [0.15, 0.2) is 30.3 Å². The Balaban J connectivity index is 1.89. The number of cyclic esters (lactones) is 1. The molecule has 2 saturated heterocycles. The Labute approximate surface area is 101 Å². The Hall–Kier alpha value is -1.51. The fourth-order valence-corrected chi connectivity index (χ4v) is 2.88. The number of piperidine rings is 1. The van der Waals surface area contributed by atoms with E-state index in [0.29, 0.717) is 5.92 Å². The number of ether oxygens (including phenoxy) is 1. The number of hydrogen-bond acceptors (Lipinski definition) is 2. The quantitative estimate of drug-likeness (QED) is 0.743. The van der Waals surface area contributed by atoms with E-state index in [0.717, 1.165) is 24.9 Å². The van der Waals surface area contributed by atoms with Gasteiger partial charge in [0, 0.05) is 6.54 Å². The van der Waals surface area contributed by atoms with Crippen molar-refractivity contribution in [2.75, 3.05) is 6.54 Å². The molecule has 0 radical (unpaired) electrons. The number of hydrogen-bond donors (Lipinski definition) is 0. The summed E-state index contributed by atoms with van der Waals surface area (Å²) >= 11 is 0. The van der Waals surface area contributed by atoms with Gasteiger partial charge in [0.2, 0.25) is 0 Å². The van der Waals surface area contributed by atoms with Crippen LogP contribution in [0.25, 0.3) is 0 Å². The lowest BCUT2D eigenvalue weighted by atomic mass is 9.88. The molecule has 0 aromatic heterocycles. The molecule has 3 nitrogen and oxygen atoms in total. The van der Waals surface area contributed by atoms with E-state index >= 15 is 0 Å². The number of carbonyl (C=O) groups is 1. The summed E-state index contributed by atoms with van der Waals surface area (Å²) in [4.78, 5) is 13.7. The molecule has 0 spiro atoms. The first-order chi connectivity index (χ1) is 8.25. The van der Waals surface area contributed by atoms with Crippen LogP contribution in [0, 0.1) is 5.92 Å². The minimum atomic E-state index is -0.143. The number of carbonyl (C=O) groups excluding carboxylic acids is 1. The van der Waals surface area contributed by atoms with Gasteiger partial charge in [-0.05, 0) is 24.3 Å². The van der Waals surface area contributed by atoms with Crippen molar-refractivity contribution < 1.29 is 9.53 Å². The van der Waals surface area contributed by atoms with Crippen LogP contribution in [-0.4, -0.2) is 23.6 Å². The molecule has 3 rings (SSSR count). The van der Waals surface area contributed by atoms with Crippen molar-refractivity contribution >= 4 is 6.09 Å². The van der Waals surface area contributed by atoms with Crippen LogP contribution < -0.4 is 0 Å². The molecule has 1 unspecified atom stereocenters. The maximum atomic E-state index is 11.8. The first kappa shape index (κ1) is 10.6. The third-order valence-electron chi connectivity index (χ3n) is 3.85. The molecule has 0 N–H and O–H groups in total. The fraction of sp³-hybridized carbons (Fsp3) is 0.500. The van der Waals surface area contributed by atoms with Crippen LogP contribution in [0.4, 0.5) is 4.79 Å². The number of amides is 1. The second-order valence-corrected chi connectivity index (χ2v) is 5.11. The lowest BCUT2D eigenvalue weighted by Crippen LogP contribution is -2.40. The first-order valence-corrected chi connectivity index (χ1v) is 6.28. The average Bonchev–Trinajstić information content (AvgIpc) is 2.67. The van der Waals surface area contributed by atoms with Crippen LogP contribution in [0.1, 0.15) is 31.4 Å². The summed E-state index contributed by atoms with van der Waals surface area (Å²) in [6.45, 7) is 3.09. The van der Waals surface area contributed by atoms with E-state index in [4.69, 9.17) is 4.74 Å². The highest BCUT2D eigenvalue weighted by molar-refractivity contribution is 5.71. The van der Waals surface area contributed by atoms with Gasteiger partial charge in [0.25, 0.3) is 0 Å². The highest BCUT2D eigenvalue weighted by Gasteiger charge is 2.44. The molecular formula is C14H17NO2. The van der Waals surface area contributed by atoms with E-state index < -0.39 is 0 Å². The predicted molar refractivity (Wildman–Crippen MR) is 64.6 cm³/mol. The summed E-state index contributed by atoms with van der Waals surface area (Å²) in [6, 6.07) is 10.3. The molecule has 0 aliphatic carbocycles. The van der Waals surface area contributed by atoms with Gasteiger partial charge in [-0.15, -0.1) is 0 Å². The standard InChI is InChI=1S/C14H17NO2/c1-10-7-8-15-12(9-10)13(17-14(15)16)11-5-3-2-4-6-11/h2-6,10,12-13H,7-9H2,1H3/t10-,12-,13?/m0/s1. The van der Waals surface area contributed by atoms with Crippen molar-refractivity contribution in [2.24, 2.45) is 5.92 Å².